The molecule has 1 saturated heterocycles. The summed E-state index contributed by atoms with van der Waals surface area (Å²) in [4.78, 5) is 58.5. The van der Waals surface area contributed by atoms with Crippen LogP contribution < -0.4 is 20.9 Å². The minimum absolute atomic E-state index is 0.0220. The Morgan fingerprint density at radius 2 is 1.76 bits per heavy atom. The van der Waals surface area contributed by atoms with Crippen molar-refractivity contribution in [2.45, 2.75) is 32.2 Å². The van der Waals surface area contributed by atoms with Crippen LogP contribution in [0.4, 0.5) is 16.2 Å². The molecule has 0 aliphatic carbocycles. The monoisotopic (exact) mass is 572 g/mol. The Kier molecular flexibility index (Phi) is 10.5. The van der Waals surface area contributed by atoms with Gasteiger partial charge >= 0.3 is 12.0 Å². The molecule has 0 radical (unpaired) electrons. The first-order valence-electron chi connectivity index (χ1n) is 14.1. The Balaban J connectivity index is 1.55. The van der Waals surface area contributed by atoms with E-state index in [-0.39, 0.29) is 17.9 Å². The summed E-state index contributed by atoms with van der Waals surface area (Å²) in [5.74, 6) is -1.56. The van der Waals surface area contributed by atoms with E-state index in [0.29, 0.717) is 49.5 Å². The summed E-state index contributed by atoms with van der Waals surface area (Å²) in [6.07, 6.45) is 4.27. The number of anilines is 2. The van der Waals surface area contributed by atoms with Crippen LogP contribution in [0, 0.1) is 0 Å². The summed E-state index contributed by atoms with van der Waals surface area (Å²) in [5, 5.41) is 17.9. The van der Waals surface area contributed by atoms with E-state index in [1.807, 2.05) is 30.0 Å². The number of carboxylic acids is 1. The molecule has 1 aliphatic rings. The van der Waals surface area contributed by atoms with E-state index in [9.17, 15) is 24.3 Å². The number of aliphatic carboxylic acids is 1. The second kappa shape index (κ2) is 14.6. The molecule has 0 bridgehead atoms. The number of benzene rings is 2. The SMILES string of the molecule is CCCNC(=O)Nc1cc(C(=O)NC(CC(=O)O)c2cccnc2)ccc1N1CCCN(C(=O)c2ccccc2)CC1. The van der Waals surface area contributed by atoms with Crippen LogP contribution in [0.2, 0.25) is 0 Å². The normalized spacial score (nSPS) is 13.9. The molecule has 0 spiro atoms. The molecular formula is C31H36N6O5. The van der Waals surface area contributed by atoms with Gasteiger partial charge in [-0.2, -0.15) is 0 Å². The third kappa shape index (κ3) is 8.06. The highest BCUT2D eigenvalue weighted by Crippen LogP contribution is 2.29. The number of carbonyl (C=O) groups is 4. The Bertz CT molecular complexity index is 1390. The van der Waals surface area contributed by atoms with Crippen molar-refractivity contribution in [1.82, 2.24) is 20.5 Å². The fraction of sp³-hybridized carbons (Fsp3) is 0.323. The number of nitrogens with zero attached hydrogens (tertiary/aromatic N) is 3. The van der Waals surface area contributed by atoms with E-state index < -0.39 is 23.9 Å². The van der Waals surface area contributed by atoms with Crippen molar-refractivity contribution in [3.8, 4) is 0 Å². The molecule has 0 saturated carbocycles. The number of rotatable bonds is 10. The maximum Gasteiger partial charge on any atom is 0.319 e. The first-order chi connectivity index (χ1) is 20.4. The number of nitrogens with one attached hydrogen (secondary N) is 3. The number of urea groups is 1. The number of carbonyl (C=O) groups excluding carboxylic acids is 3. The van der Waals surface area contributed by atoms with Crippen molar-refractivity contribution in [3.63, 3.8) is 0 Å². The van der Waals surface area contributed by atoms with Gasteiger partial charge in [0, 0.05) is 56.2 Å². The maximum atomic E-state index is 13.3. The summed E-state index contributed by atoms with van der Waals surface area (Å²) >= 11 is 0. The average molecular weight is 573 g/mol. The molecule has 2 aromatic carbocycles. The summed E-state index contributed by atoms with van der Waals surface area (Å²) < 4.78 is 0. The van der Waals surface area contributed by atoms with Crippen molar-refractivity contribution >= 4 is 35.2 Å². The fourth-order valence-corrected chi connectivity index (χ4v) is 4.83. The van der Waals surface area contributed by atoms with Gasteiger partial charge in [0.15, 0.2) is 0 Å². The third-order valence-electron chi connectivity index (χ3n) is 6.96. The zero-order valence-electron chi connectivity index (χ0n) is 23.6. The second-order valence-corrected chi connectivity index (χ2v) is 10.0. The van der Waals surface area contributed by atoms with Crippen molar-refractivity contribution < 1.29 is 24.3 Å². The van der Waals surface area contributed by atoms with Crippen LogP contribution in [0.15, 0.2) is 73.1 Å². The van der Waals surface area contributed by atoms with Gasteiger partial charge in [-0.15, -0.1) is 0 Å². The Hall–Kier alpha value is -4.93. The lowest BCUT2D eigenvalue weighted by Crippen LogP contribution is -2.36. The van der Waals surface area contributed by atoms with E-state index >= 15 is 0 Å². The van der Waals surface area contributed by atoms with Crippen LogP contribution in [0.1, 0.15) is 58.5 Å². The number of amides is 4. The Labute approximate surface area is 244 Å². The molecule has 4 rings (SSSR count). The Morgan fingerprint density at radius 3 is 2.48 bits per heavy atom. The molecule has 11 heteroatoms. The molecule has 4 N–H and O–H groups in total. The zero-order chi connectivity index (χ0) is 29.9. The summed E-state index contributed by atoms with van der Waals surface area (Å²) in [6.45, 7) is 4.73. The minimum atomic E-state index is -1.06. The van der Waals surface area contributed by atoms with Crippen LogP contribution in [0.3, 0.4) is 0 Å². The minimum Gasteiger partial charge on any atom is -0.481 e. The predicted octanol–water partition coefficient (Wildman–Crippen LogP) is 3.91. The highest BCUT2D eigenvalue weighted by atomic mass is 16.4. The number of hydrogen-bond acceptors (Lipinski definition) is 6. The molecular weight excluding hydrogens is 536 g/mol. The first kappa shape index (κ1) is 30.0. The maximum absolute atomic E-state index is 13.3. The molecule has 220 valence electrons. The van der Waals surface area contributed by atoms with Crippen LogP contribution >= 0.6 is 0 Å². The lowest BCUT2D eigenvalue weighted by atomic mass is 10.0. The first-order valence-corrected chi connectivity index (χ1v) is 14.1. The lowest BCUT2D eigenvalue weighted by molar-refractivity contribution is -0.137. The standard InChI is InChI=1S/C31H36N6O5/c1-2-13-33-31(42)35-26-19-23(29(40)34-25(20-28(38)39)24-10-6-14-32-21-24)11-12-27(26)36-15-7-16-37(18-17-36)30(41)22-8-4-3-5-9-22/h3-6,8-12,14,19,21,25H,2,7,13,15-18,20H2,1H3,(H,34,40)(H,38,39)(H2,33,35,42). The van der Waals surface area contributed by atoms with Crippen molar-refractivity contribution in [2.75, 3.05) is 42.9 Å². The van der Waals surface area contributed by atoms with Gasteiger partial charge in [-0.1, -0.05) is 31.2 Å². The van der Waals surface area contributed by atoms with Crippen molar-refractivity contribution in [1.29, 1.82) is 0 Å². The van der Waals surface area contributed by atoms with Crippen molar-refractivity contribution in [2.24, 2.45) is 0 Å². The van der Waals surface area contributed by atoms with Crippen LogP contribution in [-0.4, -0.2) is 71.5 Å². The molecule has 42 heavy (non-hydrogen) atoms. The lowest BCUT2D eigenvalue weighted by Gasteiger charge is -2.27. The zero-order valence-corrected chi connectivity index (χ0v) is 23.6. The highest BCUT2D eigenvalue weighted by Gasteiger charge is 2.24. The van der Waals surface area contributed by atoms with Gasteiger partial charge in [0.2, 0.25) is 0 Å². The van der Waals surface area contributed by atoms with Gasteiger partial charge in [-0.05, 0) is 54.8 Å². The molecule has 3 aromatic rings. The van der Waals surface area contributed by atoms with E-state index in [0.717, 1.165) is 18.5 Å². The Morgan fingerprint density at radius 1 is 0.952 bits per heavy atom. The summed E-state index contributed by atoms with van der Waals surface area (Å²) in [5.41, 5.74) is 2.64. The average Bonchev–Trinajstić information content (AvgIpc) is 3.26. The summed E-state index contributed by atoms with van der Waals surface area (Å²) in [6, 6.07) is 16.4. The largest absolute Gasteiger partial charge is 0.481 e. The van der Waals surface area contributed by atoms with Gasteiger partial charge in [-0.25, -0.2) is 4.79 Å². The van der Waals surface area contributed by atoms with Crippen LogP contribution in [-0.2, 0) is 4.79 Å². The molecule has 2 heterocycles. The van der Waals surface area contributed by atoms with Crippen molar-refractivity contribution in [3.05, 3.63) is 89.7 Å². The number of carboxylic acid groups (broad SMARTS) is 1. The van der Waals surface area contributed by atoms with E-state index in [4.69, 9.17) is 0 Å². The molecule has 1 aliphatic heterocycles. The van der Waals surface area contributed by atoms with Crippen LogP contribution in [0.25, 0.3) is 0 Å². The third-order valence-corrected chi connectivity index (χ3v) is 6.96. The van der Waals surface area contributed by atoms with Gasteiger partial charge in [0.25, 0.3) is 11.8 Å². The van der Waals surface area contributed by atoms with E-state index in [1.54, 1.807) is 48.7 Å². The summed E-state index contributed by atoms with van der Waals surface area (Å²) in [7, 11) is 0. The quantitative estimate of drug-likeness (QED) is 0.288. The molecule has 4 amide bonds. The van der Waals surface area contributed by atoms with Gasteiger partial charge in [0.05, 0.1) is 23.8 Å². The smallest absolute Gasteiger partial charge is 0.319 e. The second-order valence-electron chi connectivity index (χ2n) is 10.0. The van der Waals surface area contributed by atoms with Gasteiger partial charge in [-0.3, -0.25) is 19.4 Å². The number of aromatic nitrogens is 1. The van der Waals surface area contributed by atoms with E-state index in [2.05, 4.69) is 25.8 Å². The molecule has 11 nitrogen and oxygen atoms in total. The molecule has 1 unspecified atom stereocenters. The predicted molar refractivity (Wildman–Crippen MR) is 160 cm³/mol. The fourth-order valence-electron chi connectivity index (χ4n) is 4.83. The molecule has 1 fully saturated rings. The highest BCUT2D eigenvalue weighted by molar-refractivity contribution is 6.00. The molecule has 1 aromatic heterocycles. The van der Waals surface area contributed by atoms with E-state index in [1.165, 1.54) is 6.20 Å². The number of pyridine rings is 1. The van der Waals surface area contributed by atoms with Crippen LogP contribution in [0.5, 0.6) is 0 Å². The van der Waals surface area contributed by atoms with Gasteiger partial charge in [0.1, 0.15) is 0 Å². The number of hydrogen-bond donors (Lipinski definition) is 4. The topological polar surface area (TPSA) is 144 Å². The molecule has 1 atom stereocenters. The van der Waals surface area contributed by atoms with Gasteiger partial charge < -0.3 is 30.9 Å².